The molecule has 132 valence electrons. The molecule has 6 heteroatoms. The molecule has 0 fully saturated rings. The number of nitrogens with zero attached hydrogens (tertiary/aromatic N) is 3. The first kappa shape index (κ1) is 18.8. The maximum Gasteiger partial charge on any atom is 0.242 e. The fraction of sp³-hybridized carbons (Fsp3) is 0.556. The van der Waals surface area contributed by atoms with Gasteiger partial charge in [0.15, 0.2) is 0 Å². The largest absolute Gasteiger partial charge is 0.383 e. The van der Waals surface area contributed by atoms with Crippen LogP contribution in [0.25, 0.3) is 11.0 Å². The third-order valence-corrected chi connectivity index (χ3v) is 4.35. The molecular formula is C18H27N3O2S. The lowest BCUT2D eigenvalue weighted by atomic mass is 10.2. The van der Waals surface area contributed by atoms with Crippen LogP contribution in [-0.4, -0.2) is 53.4 Å². The van der Waals surface area contributed by atoms with Crippen molar-refractivity contribution in [1.29, 1.82) is 0 Å². The van der Waals surface area contributed by atoms with Gasteiger partial charge in [-0.1, -0.05) is 26.0 Å². The molecule has 1 aromatic heterocycles. The van der Waals surface area contributed by atoms with Gasteiger partial charge < -0.3 is 14.2 Å². The molecule has 0 atom stereocenters. The van der Waals surface area contributed by atoms with Crippen molar-refractivity contribution in [2.24, 2.45) is 5.92 Å². The van der Waals surface area contributed by atoms with Gasteiger partial charge in [-0.2, -0.15) is 11.8 Å². The van der Waals surface area contributed by atoms with Crippen LogP contribution in [0.3, 0.4) is 0 Å². The normalized spacial score (nSPS) is 11.4. The van der Waals surface area contributed by atoms with Crippen molar-refractivity contribution in [3.63, 3.8) is 0 Å². The van der Waals surface area contributed by atoms with Crippen LogP contribution in [0.1, 0.15) is 19.7 Å². The summed E-state index contributed by atoms with van der Waals surface area (Å²) in [5, 5.41) is 0. The molecule has 5 nitrogen and oxygen atoms in total. The lowest BCUT2D eigenvalue weighted by Crippen LogP contribution is -2.39. The second-order valence-electron chi connectivity index (χ2n) is 6.26. The van der Waals surface area contributed by atoms with Crippen LogP contribution in [-0.2, 0) is 21.8 Å². The van der Waals surface area contributed by atoms with E-state index in [1.807, 2.05) is 33.7 Å². The zero-order valence-electron chi connectivity index (χ0n) is 15.0. The summed E-state index contributed by atoms with van der Waals surface area (Å²) in [6.07, 6.45) is 2.05. The van der Waals surface area contributed by atoms with Crippen LogP contribution in [0.15, 0.2) is 24.3 Å². The minimum absolute atomic E-state index is 0.117. The van der Waals surface area contributed by atoms with Gasteiger partial charge in [-0.15, -0.1) is 0 Å². The summed E-state index contributed by atoms with van der Waals surface area (Å²) in [7, 11) is 1.66. The van der Waals surface area contributed by atoms with E-state index in [-0.39, 0.29) is 5.91 Å². The average Bonchev–Trinajstić information content (AvgIpc) is 2.89. The standard InChI is InChI=1S/C18H27N3O2S/c1-14(2)11-20(9-10-23-3)18(22)12-21-16-8-6-5-7-15(16)19-17(21)13-24-4/h5-8,14H,9-13H2,1-4H3. The Labute approximate surface area is 148 Å². The third kappa shape index (κ3) is 4.74. The first-order valence-corrected chi connectivity index (χ1v) is 9.66. The van der Waals surface area contributed by atoms with Crippen molar-refractivity contribution in [3.05, 3.63) is 30.1 Å². The molecule has 2 aromatic rings. The van der Waals surface area contributed by atoms with E-state index in [0.717, 1.165) is 29.2 Å². The zero-order valence-corrected chi connectivity index (χ0v) is 15.8. The van der Waals surface area contributed by atoms with Crippen molar-refractivity contribution < 1.29 is 9.53 Å². The second kappa shape index (κ2) is 9.08. The van der Waals surface area contributed by atoms with Crippen molar-refractivity contribution in [2.75, 3.05) is 33.1 Å². The molecule has 0 N–H and O–H groups in total. The van der Waals surface area contributed by atoms with Gasteiger partial charge in [0.25, 0.3) is 0 Å². The Bertz CT molecular complexity index is 669. The molecule has 0 aliphatic rings. The number of ether oxygens (including phenoxy) is 1. The minimum atomic E-state index is 0.117. The van der Waals surface area contributed by atoms with Crippen LogP contribution in [0.2, 0.25) is 0 Å². The molecule has 0 bridgehead atoms. The van der Waals surface area contributed by atoms with Crippen LogP contribution in [0.4, 0.5) is 0 Å². The number of carbonyl (C=O) groups excluding carboxylic acids is 1. The summed E-state index contributed by atoms with van der Waals surface area (Å²) in [5.74, 6) is 2.29. The van der Waals surface area contributed by atoms with Gasteiger partial charge in [0.05, 0.1) is 23.4 Å². The number of hydrogen-bond donors (Lipinski definition) is 0. The van der Waals surface area contributed by atoms with Crippen molar-refractivity contribution in [1.82, 2.24) is 14.5 Å². The first-order chi connectivity index (χ1) is 11.6. The highest BCUT2D eigenvalue weighted by Crippen LogP contribution is 2.19. The SMILES string of the molecule is COCCN(CC(C)C)C(=O)Cn1c(CSC)nc2ccccc21. The van der Waals surface area contributed by atoms with Crippen LogP contribution in [0, 0.1) is 5.92 Å². The summed E-state index contributed by atoms with van der Waals surface area (Å²) in [6, 6.07) is 8.00. The highest BCUT2D eigenvalue weighted by atomic mass is 32.2. The summed E-state index contributed by atoms with van der Waals surface area (Å²) in [6.45, 7) is 6.50. The van der Waals surface area contributed by atoms with Gasteiger partial charge >= 0.3 is 0 Å². The highest BCUT2D eigenvalue weighted by Gasteiger charge is 2.18. The average molecular weight is 350 g/mol. The van der Waals surface area contributed by atoms with E-state index >= 15 is 0 Å². The number of aromatic nitrogens is 2. The zero-order chi connectivity index (χ0) is 17.5. The molecular weight excluding hydrogens is 322 g/mol. The first-order valence-electron chi connectivity index (χ1n) is 8.26. The highest BCUT2D eigenvalue weighted by molar-refractivity contribution is 7.97. The Morgan fingerprint density at radius 1 is 1.38 bits per heavy atom. The van der Waals surface area contributed by atoms with Crippen molar-refractivity contribution >= 4 is 28.7 Å². The molecule has 0 aliphatic heterocycles. The molecule has 1 heterocycles. The van der Waals surface area contributed by atoms with E-state index in [1.54, 1.807) is 18.9 Å². The van der Waals surface area contributed by atoms with E-state index in [2.05, 4.69) is 25.1 Å². The van der Waals surface area contributed by atoms with E-state index < -0.39 is 0 Å². The number of benzene rings is 1. The fourth-order valence-corrected chi connectivity index (χ4v) is 3.22. The lowest BCUT2D eigenvalue weighted by molar-refractivity contribution is -0.133. The van der Waals surface area contributed by atoms with Gasteiger partial charge in [-0.3, -0.25) is 4.79 Å². The molecule has 0 radical (unpaired) electrons. The van der Waals surface area contributed by atoms with Gasteiger partial charge in [-0.25, -0.2) is 4.98 Å². The molecule has 0 aliphatic carbocycles. The van der Waals surface area contributed by atoms with Crippen LogP contribution >= 0.6 is 11.8 Å². The van der Waals surface area contributed by atoms with E-state index in [0.29, 0.717) is 25.6 Å². The van der Waals surface area contributed by atoms with Gasteiger partial charge in [0.1, 0.15) is 12.4 Å². The Hall–Kier alpha value is -1.53. The predicted molar refractivity (Wildman–Crippen MR) is 100 cm³/mol. The Morgan fingerprint density at radius 3 is 2.79 bits per heavy atom. The molecule has 0 unspecified atom stereocenters. The predicted octanol–water partition coefficient (Wildman–Crippen LogP) is 3.03. The van der Waals surface area contributed by atoms with E-state index in [1.165, 1.54) is 0 Å². The smallest absolute Gasteiger partial charge is 0.242 e. The Kier molecular flexibility index (Phi) is 7.12. The maximum atomic E-state index is 12.9. The topological polar surface area (TPSA) is 47.4 Å². The lowest BCUT2D eigenvalue weighted by Gasteiger charge is -2.25. The van der Waals surface area contributed by atoms with E-state index in [9.17, 15) is 4.79 Å². The van der Waals surface area contributed by atoms with E-state index in [4.69, 9.17) is 4.74 Å². The number of rotatable bonds is 9. The Morgan fingerprint density at radius 2 is 2.12 bits per heavy atom. The maximum absolute atomic E-state index is 12.9. The quantitative estimate of drug-likeness (QED) is 0.698. The molecule has 2 rings (SSSR count). The number of methoxy groups -OCH3 is 1. The number of para-hydroxylation sites is 2. The number of carbonyl (C=O) groups is 1. The summed E-state index contributed by atoms with van der Waals surface area (Å²) >= 11 is 1.72. The van der Waals surface area contributed by atoms with Crippen molar-refractivity contribution in [2.45, 2.75) is 26.1 Å². The van der Waals surface area contributed by atoms with Gasteiger partial charge in [0, 0.05) is 20.2 Å². The van der Waals surface area contributed by atoms with Crippen LogP contribution in [0.5, 0.6) is 0 Å². The molecule has 0 spiro atoms. The minimum Gasteiger partial charge on any atom is -0.383 e. The number of fused-ring (bicyclic) bond motifs is 1. The fourth-order valence-electron chi connectivity index (χ4n) is 2.74. The van der Waals surface area contributed by atoms with Crippen LogP contribution < -0.4 is 0 Å². The molecule has 0 saturated carbocycles. The summed E-state index contributed by atoms with van der Waals surface area (Å²) in [5.41, 5.74) is 1.97. The van der Waals surface area contributed by atoms with Gasteiger partial charge in [0.2, 0.25) is 5.91 Å². The summed E-state index contributed by atoms with van der Waals surface area (Å²) in [4.78, 5) is 19.4. The molecule has 0 saturated heterocycles. The molecule has 1 aromatic carbocycles. The number of amides is 1. The monoisotopic (exact) mass is 349 g/mol. The van der Waals surface area contributed by atoms with Crippen molar-refractivity contribution in [3.8, 4) is 0 Å². The summed E-state index contributed by atoms with van der Waals surface area (Å²) < 4.78 is 7.21. The Balaban J connectivity index is 2.25. The third-order valence-electron chi connectivity index (χ3n) is 3.80. The molecule has 1 amide bonds. The second-order valence-corrected chi connectivity index (χ2v) is 7.13. The number of hydrogen-bond acceptors (Lipinski definition) is 4. The number of imidazole rings is 1. The number of thioether (sulfide) groups is 1. The van der Waals surface area contributed by atoms with Gasteiger partial charge in [-0.05, 0) is 24.3 Å². The molecule has 24 heavy (non-hydrogen) atoms.